The number of hydrogen-bond acceptors (Lipinski definition) is 2. The third-order valence-electron chi connectivity index (χ3n) is 3.42. The van der Waals surface area contributed by atoms with E-state index in [-0.39, 0.29) is 0 Å². The minimum atomic E-state index is 0.340. The molecule has 13 heavy (non-hydrogen) atoms. The first-order valence-electron chi connectivity index (χ1n) is 5.43. The van der Waals surface area contributed by atoms with Gasteiger partial charge in [0.15, 0.2) is 0 Å². The molecule has 1 heterocycles. The van der Waals surface area contributed by atoms with Gasteiger partial charge in [0, 0.05) is 24.2 Å². The Morgan fingerprint density at radius 1 is 1.54 bits per heavy atom. The van der Waals surface area contributed by atoms with Crippen molar-refractivity contribution in [2.75, 3.05) is 13.6 Å². The number of nitrogens with zero attached hydrogens (tertiary/aromatic N) is 1. The summed E-state index contributed by atoms with van der Waals surface area (Å²) in [4.78, 5) is 2.52. The van der Waals surface area contributed by atoms with Crippen LogP contribution in [0.3, 0.4) is 0 Å². The summed E-state index contributed by atoms with van der Waals surface area (Å²) in [5.74, 6) is 0. The Morgan fingerprint density at radius 3 is 2.54 bits per heavy atom. The molecule has 0 aliphatic carbocycles. The zero-order valence-corrected chi connectivity index (χ0v) is 9.72. The molecule has 0 aromatic carbocycles. The normalized spacial score (nSPS) is 29.5. The standard InChI is InChI=1S/C11H24N2/c1-6-9(2)13(5)10-7-11(3,4)12-8-10/h9-10,12H,6-8H2,1-5H3. The maximum atomic E-state index is 3.56. The molecule has 2 nitrogen and oxygen atoms in total. The molecule has 1 aliphatic rings. The van der Waals surface area contributed by atoms with Crippen LogP contribution in [-0.2, 0) is 0 Å². The van der Waals surface area contributed by atoms with E-state index in [2.05, 4.69) is 45.0 Å². The van der Waals surface area contributed by atoms with E-state index in [4.69, 9.17) is 0 Å². The van der Waals surface area contributed by atoms with Crippen LogP contribution >= 0.6 is 0 Å². The summed E-state index contributed by atoms with van der Waals surface area (Å²) in [7, 11) is 2.25. The van der Waals surface area contributed by atoms with E-state index >= 15 is 0 Å². The summed E-state index contributed by atoms with van der Waals surface area (Å²) in [5.41, 5.74) is 0.340. The van der Waals surface area contributed by atoms with Crippen molar-refractivity contribution in [3.63, 3.8) is 0 Å². The van der Waals surface area contributed by atoms with Gasteiger partial charge in [0.05, 0.1) is 0 Å². The van der Waals surface area contributed by atoms with E-state index in [0.29, 0.717) is 11.6 Å². The fourth-order valence-electron chi connectivity index (χ4n) is 2.06. The van der Waals surface area contributed by atoms with Crippen LogP contribution in [0, 0.1) is 0 Å². The van der Waals surface area contributed by atoms with E-state index < -0.39 is 0 Å². The quantitative estimate of drug-likeness (QED) is 0.720. The van der Waals surface area contributed by atoms with Crippen molar-refractivity contribution >= 4 is 0 Å². The van der Waals surface area contributed by atoms with Crippen molar-refractivity contribution in [3.05, 3.63) is 0 Å². The topological polar surface area (TPSA) is 15.3 Å². The van der Waals surface area contributed by atoms with Crippen LogP contribution in [0.15, 0.2) is 0 Å². The fraction of sp³-hybridized carbons (Fsp3) is 1.00. The van der Waals surface area contributed by atoms with Crippen LogP contribution in [0.2, 0.25) is 0 Å². The van der Waals surface area contributed by atoms with Crippen molar-refractivity contribution in [3.8, 4) is 0 Å². The molecule has 1 aliphatic heterocycles. The van der Waals surface area contributed by atoms with Crippen molar-refractivity contribution < 1.29 is 0 Å². The van der Waals surface area contributed by atoms with Crippen molar-refractivity contribution in [2.45, 2.75) is 58.2 Å². The van der Waals surface area contributed by atoms with Crippen LogP contribution in [0.1, 0.15) is 40.5 Å². The van der Waals surface area contributed by atoms with Gasteiger partial charge in [-0.1, -0.05) is 6.92 Å². The summed E-state index contributed by atoms with van der Waals surface area (Å²) in [5, 5.41) is 3.56. The Morgan fingerprint density at radius 2 is 2.15 bits per heavy atom. The Bertz CT molecular complexity index is 165. The van der Waals surface area contributed by atoms with E-state index in [1.807, 2.05) is 0 Å². The molecule has 1 fully saturated rings. The van der Waals surface area contributed by atoms with Gasteiger partial charge in [0.2, 0.25) is 0 Å². The average Bonchev–Trinajstić information content (AvgIpc) is 2.43. The molecule has 2 unspecified atom stereocenters. The van der Waals surface area contributed by atoms with E-state index in [1.54, 1.807) is 0 Å². The fourth-order valence-corrected chi connectivity index (χ4v) is 2.06. The third-order valence-corrected chi connectivity index (χ3v) is 3.42. The van der Waals surface area contributed by atoms with Crippen molar-refractivity contribution in [1.29, 1.82) is 0 Å². The van der Waals surface area contributed by atoms with Crippen LogP contribution in [0.25, 0.3) is 0 Å². The van der Waals surface area contributed by atoms with Crippen LogP contribution in [0.5, 0.6) is 0 Å². The maximum absolute atomic E-state index is 3.56. The molecule has 0 amide bonds. The summed E-state index contributed by atoms with van der Waals surface area (Å²) >= 11 is 0. The van der Waals surface area contributed by atoms with Gasteiger partial charge in [-0.05, 0) is 40.7 Å². The SMILES string of the molecule is CCC(C)N(C)C1CNC(C)(C)C1. The average molecular weight is 184 g/mol. The largest absolute Gasteiger partial charge is 0.310 e. The lowest BCUT2D eigenvalue weighted by Gasteiger charge is -2.30. The number of nitrogens with one attached hydrogen (secondary N) is 1. The lowest BCUT2D eigenvalue weighted by molar-refractivity contribution is 0.185. The highest BCUT2D eigenvalue weighted by Gasteiger charge is 2.33. The number of hydrogen-bond donors (Lipinski definition) is 1. The van der Waals surface area contributed by atoms with Gasteiger partial charge in [-0.2, -0.15) is 0 Å². The van der Waals surface area contributed by atoms with Gasteiger partial charge in [0.25, 0.3) is 0 Å². The molecule has 2 heteroatoms. The van der Waals surface area contributed by atoms with E-state index in [0.717, 1.165) is 12.6 Å². The molecular weight excluding hydrogens is 160 g/mol. The Balaban J connectivity index is 2.46. The first kappa shape index (κ1) is 11.0. The minimum absolute atomic E-state index is 0.340. The Labute approximate surface area is 82.7 Å². The lowest BCUT2D eigenvalue weighted by atomic mass is 10.00. The monoisotopic (exact) mass is 184 g/mol. The molecule has 0 radical (unpaired) electrons. The van der Waals surface area contributed by atoms with Gasteiger partial charge in [-0.25, -0.2) is 0 Å². The van der Waals surface area contributed by atoms with Gasteiger partial charge in [-0.3, -0.25) is 4.90 Å². The second-order valence-electron chi connectivity index (χ2n) is 5.05. The molecule has 78 valence electrons. The summed E-state index contributed by atoms with van der Waals surface area (Å²) in [6.07, 6.45) is 2.52. The first-order chi connectivity index (χ1) is 5.96. The van der Waals surface area contributed by atoms with Crippen LogP contribution < -0.4 is 5.32 Å². The van der Waals surface area contributed by atoms with Crippen molar-refractivity contribution in [2.24, 2.45) is 0 Å². The number of likely N-dealkylation sites (N-methyl/N-ethyl adjacent to an activating group) is 1. The summed E-state index contributed by atoms with van der Waals surface area (Å²) in [6, 6.07) is 1.44. The Kier molecular flexibility index (Phi) is 3.36. The second kappa shape index (κ2) is 3.97. The van der Waals surface area contributed by atoms with Gasteiger partial charge >= 0.3 is 0 Å². The van der Waals surface area contributed by atoms with Gasteiger partial charge in [0.1, 0.15) is 0 Å². The highest BCUT2D eigenvalue weighted by atomic mass is 15.2. The second-order valence-corrected chi connectivity index (χ2v) is 5.05. The molecular formula is C11H24N2. The first-order valence-corrected chi connectivity index (χ1v) is 5.43. The highest BCUT2D eigenvalue weighted by molar-refractivity contribution is 4.94. The smallest absolute Gasteiger partial charge is 0.0237 e. The number of rotatable bonds is 3. The Hall–Kier alpha value is -0.0800. The van der Waals surface area contributed by atoms with E-state index in [9.17, 15) is 0 Å². The molecule has 0 bridgehead atoms. The molecule has 0 aromatic heterocycles. The molecule has 0 spiro atoms. The molecule has 1 N–H and O–H groups in total. The lowest BCUT2D eigenvalue weighted by Crippen LogP contribution is -2.39. The van der Waals surface area contributed by atoms with E-state index in [1.165, 1.54) is 12.8 Å². The minimum Gasteiger partial charge on any atom is -0.310 e. The molecule has 0 saturated carbocycles. The predicted octanol–water partition coefficient (Wildman–Crippen LogP) is 1.86. The van der Waals surface area contributed by atoms with Gasteiger partial charge in [-0.15, -0.1) is 0 Å². The molecule has 1 rings (SSSR count). The highest BCUT2D eigenvalue weighted by Crippen LogP contribution is 2.22. The van der Waals surface area contributed by atoms with Crippen molar-refractivity contribution in [1.82, 2.24) is 10.2 Å². The molecule has 1 saturated heterocycles. The molecule has 2 atom stereocenters. The predicted molar refractivity (Wildman–Crippen MR) is 58.0 cm³/mol. The maximum Gasteiger partial charge on any atom is 0.0237 e. The zero-order valence-electron chi connectivity index (χ0n) is 9.72. The van der Waals surface area contributed by atoms with Crippen LogP contribution in [0.4, 0.5) is 0 Å². The summed E-state index contributed by atoms with van der Waals surface area (Å²) in [6.45, 7) is 10.3. The van der Waals surface area contributed by atoms with Gasteiger partial charge < -0.3 is 5.32 Å². The van der Waals surface area contributed by atoms with Crippen LogP contribution in [-0.4, -0.2) is 36.1 Å². The zero-order chi connectivity index (χ0) is 10.1. The molecule has 0 aromatic rings. The third kappa shape index (κ3) is 2.68. The summed E-state index contributed by atoms with van der Waals surface area (Å²) < 4.78 is 0.